The molecular formula is C12H15F2N3O3S. The summed E-state index contributed by atoms with van der Waals surface area (Å²) in [6.45, 7) is 0. The lowest BCUT2D eigenvalue weighted by atomic mass is 10.0. The zero-order valence-corrected chi connectivity index (χ0v) is 11.8. The molecule has 0 heterocycles. The fourth-order valence-corrected chi connectivity index (χ4v) is 3.86. The molecule has 0 amide bonds. The lowest BCUT2D eigenvalue weighted by Crippen LogP contribution is -2.42. The van der Waals surface area contributed by atoms with Crippen LogP contribution in [0.25, 0.3) is 0 Å². The summed E-state index contributed by atoms with van der Waals surface area (Å²) < 4.78 is 53.1. The SMILES string of the molecule is NC(=NO)C1CCCC1NS(=O)(=O)c1ccc(F)cc1F. The van der Waals surface area contributed by atoms with Crippen molar-refractivity contribution < 1.29 is 22.4 Å². The van der Waals surface area contributed by atoms with Crippen molar-refractivity contribution in [2.75, 3.05) is 0 Å². The lowest BCUT2D eigenvalue weighted by Gasteiger charge is -2.19. The lowest BCUT2D eigenvalue weighted by molar-refractivity contribution is 0.312. The molecule has 1 fully saturated rings. The second-order valence-corrected chi connectivity index (χ2v) is 6.55. The second kappa shape index (κ2) is 5.94. The van der Waals surface area contributed by atoms with Crippen molar-refractivity contribution in [2.45, 2.75) is 30.2 Å². The average molecular weight is 319 g/mol. The van der Waals surface area contributed by atoms with Crippen LogP contribution in [0.4, 0.5) is 8.78 Å². The maximum atomic E-state index is 13.6. The fraction of sp³-hybridized carbons (Fsp3) is 0.417. The molecule has 0 aromatic heterocycles. The minimum atomic E-state index is -4.15. The molecule has 0 bridgehead atoms. The van der Waals surface area contributed by atoms with E-state index < -0.39 is 38.5 Å². The Balaban J connectivity index is 2.25. The van der Waals surface area contributed by atoms with Crippen LogP contribution in [0.2, 0.25) is 0 Å². The third kappa shape index (κ3) is 3.30. The Labute approximate surface area is 120 Å². The predicted octanol–water partition coefficient (Wildman–Crippen LogP) is 1.16. The van der Waals surface area contributed by atoms with E-state index in [0.717, 1.165) is 12.1 Å². The van der Waals surface area contributed by atoms with Gasteiger partial charge >= 0.3 is 0 Å². The molecule has 1 aromatic rings. The van der Waals surface area contributed by atoms with E-state index in [9.17, 15) is 17.2 Å². The zero-order chi connectivity index (χ0) is 15.6. The second-order valence-electron chi connectivity index (χ2n) is 4.86. The molecular weight excluding hydrogens is 304 g/mol. The standard InChI is InChI=1S/C12H15F2N3O3S/c13-7-4-5-11(9(14)6-7)21(19,20)17-10-3-1-2-8(10)12(15)16-18/h4-6,8,10,17-18H,1-3H2,(H2,15,16). The monoisotopic (exact) mass is 319 g/mol. The number of rotatable bonds is 4. The summed E-state index contributed by atoms with van der Waals surface area (Å²) in [7, 11) is -4.15. The number of benzene rings is 1. The summed E-state index contributed by atoms with van der Waals surface area (Å²) in [5, 5.41) is 11.6. The van der Waals surface area contributed by atoms with Gasteiger partial charge in [-0.3, -0.25) is 0 Å². The van der Waals surface area contributed by atoms with E-state index in [2.05, 4.69) is 9.88 Å². The van der Waals surface area contributed by atoms with Crippen molar-refractivity contribution in [2.24, 2.45) is 16.8 Å². The molecule has 4 N–H and O–H groups in total. The molecule has 6 nitrogen and oxygen atoms in total. The third-order valence-electron chi connectivity index (χ3n) is 3.50. The summed E-state index contributed by atoms with van der Waals surface area (Å²) >= 11 is 0. The Morgan fingerprint density at radius 2 is 2.10 bits per heavy atom. The molecule has 0 radical (unpaired) electrons. The number of hydrogen-bond acceptors (Lipinski definition) is 4. The fourth-order valence-electron chi connectivity index (χ4n) is 2.49. The molecule has 1 aliphatic carbocycles. The first-order valence-corrected chi connectivity index (χ1v) is 7.78. The van der Waals surface area contributed by atoms with Gasteiger partial charge in [-0.05, 0) is 25.0 Å². The first-order valence-electron chi connectivity index (χ1n) is 6.30. The highest BCUT2D eigenvalue weighted by molar-refractivity contribution is 7.89. The molecule has 1 saturated carbocycles. The Bertz CT molecular complexity index is 664. The van der Waals surface area contributed by atoms with Crippen molar-refractivity contribution in [1.29, 1.82) is 0 Å². The molecule has 0 aliphatic heterocycles. The first-order chi connectivity index (χ1) is 9.85. The van der Waals surface area contributed by atoms with Crippen LogP contribution in [-0.2, 0) is 10.0 Å². The van der Waals surface area contributed by atoms with Gasteiger partial charge in [0.15, 0.2) is 0 Å². The van der Waals surface area contributed by atoms with Crippen LogP contribution >= 0.6 is 0 Å². The average Bonchev–Trinajstić information content (AvgIpc) is 2.84. The van der Waals surface area contributed by atoms with E-state index >= 15 is 0 Å². The van der Waals surface area contributed by atoms with Crippen LogP contribution in [0.3, 0.4) is 0 Å². The number of amidine groups is 1. The van der Waals surface area contributed by atoms with Crippen LogP contribution in [0.5, 0.6) is 0 Å². The molecule has 2 rings (SSSR count). The quantitative estimate of drug-likeness (QED) is 0.335. The van der Waals surface area contributed by atoms with Crippen molar-refractivity contribution in [3.8, 4) is 0 Å². The number of hydrogen-bond donors (Lipinski definition) is 3. The summed E-state index contributed by atoms with van der Waals surface area (Å²) in [5.74, 6) is -2.55. The minimum absolute atomic E-state index is 0.0696. The smallest absolute Gasteiger partial charge is 0.243 e. The summed E-state index contributed by atoms with van der Waals surface area (Å²) in [6.07, 6.45) is 1.75. The Kier molecular flexibility index (Phi) is 4.43. The van der Waals surface area contributed by atoms with E-state index in [0.29, 0.717) is 25.3 Å². The number of oxime groups is 1. The van der Waals surface area contributed by atoms with Gasteiger partial charge in [-0.15, -0.1) is 0 Å². The van der Waals surface area contributed by atoms with Crippen molar-refractivity contribution in [1.82, 2.24) is 4.72 Å². The summed E-state index contributed by atoms with van der Waals surface area (Å²) in [6, 6.07) is 1.65. The first kappa shape index (κ1) is 15.6. The highest BCUT2D eigenvalue weighted by Crippen LogP contribution is 2.27. The van der Waals surface area contributed by atoms with Gasteiger partial charge in [0, 0.05) is 18.0 Å². The van der Waals surface area contributed by atoms with Crippen LogP contribution in [0, 0.1) is 17.6 Å². The zero-order valence-electron chi connectivity index (χ0n) is 11.0. The van der Waals surface area contributed by atoms with Crippen LogP contribution in [-0.4, -0.2) is 25.5 Å². The molecule has 1 aliphatic rings. The number of nitrogens with two attached hydrogens (primary N) is 1. The molecule has 0 saturated heterocycles. The molecule has 2 atom stereocenters. The van der Waals surface area contributed by atoms with Crippen molar-refractivity contribution in [3.63, 3.8) is 0 Å². The van der Waals surface area contributed by atoms with Gasteiger partial charge in [-0.2, -0.15) is 0 Å². The van der Waals surface area contributed by atoms with E-state index in [-0.39, 0.29) is 5.84 Å². The molecule has 21 heavy (non-hydrogen) atoms. The van der Waals surface area contributed by atoms with Gasteiger partial charge in [0.2, 0.25) is 10.0 Å². The number of nitrogens with one attached hydrogen (secondary N) is 1. The number of halogens is 2. The van der Waals surface area contributed by atoms with Gasteiger partial charge in [0.1, 0.15) is 22.4 Å². The van der Waals surface area contributed by atoms with E-state index in [4.69, 9.17) is 10.9 Å². The van der Waals surface area contributed by atoms with Crippen LogP contribution < -0.4 is 10.5 Å². The van der Waals surface area contributed by atoms with Gasteiger partial charge < -0.3 is 10.9 Å². The highest BCUT2D eigenvalue weighted by Gasteiger charge is 2.34. The Morgan fingerprint density at radius 1 is 1.38 bits per heavy atom. The summed E-state index contributed by atoms with van der Waals surface area (Å²) in [4.78, 5) is -0.631. The normalized spacial score (nSPS) is 23.4. The van der Waals surface area contributed by atoms with Crippen LogP contribution in [0.15, 0.2) is 28.3 Å². The number of nitrogens with zero attached hydrogens (tertiary/aromatic N) is 1. The van der Waals surface area contributed by atoms with E-state index in [1.54, 1.807) is 0 Å². The number of sulfonamides is 1. The molecule has 9 heteroatoms. The van der Waals surface area contributed by atoms with Crippen molar-refractivity contribution >= 4 is 15.9 Å². The molecule has 116 valence electrons. The van der Waals surface area contributed by atoms with Gasteiger partial charge in [-0.25, -0.2) is 21.9 Å². The highest BCUT2D eigenvalue weighted by atomic mass is 32.2. The van der Waals surface area contributed by atoms with Crippen LogP contribution in [0.1, 0.15) is 19.3 Å². The Hall–Kier alpha value is -1.74. The minimum Gasteiger partial charge on any atom is -0.409 e. The third-order valence-corrected chi connectivity index (χ3v) is 5.02. The maximum absolute atomic E-state index is 13.6. The summed E-state index contributed by atoms with van der Waals surface area (Å²) in [5.41, 5.74) is 5.52. The van der Waals surface area contributed by atoms with Gasteiger partial charge in [0.25, 0.3) is 0 Å². The van der Waals surface area contributed by atoms with Gasteiger partial charge in [-0.1, -0.05) is 11.6 Å². The molecule has 1 aromatic carbocycles. The molecule has 0 spiro atoms. The van der Waals surface area contributed by atoms with E-state index in [1.807, 2.05) is 0 Å². The maximum Gasteiger partial charge on any atom is 0.243 e. The molecule has 2 unspecified atom stereocenters. The topological polar surface area (TPSA) is 105 Å². The van der Waals surface area contributed by atoms with Crippen molar-refractivity contribution in [3.05, 3.63) is 29.8 Å². The largest absolute Gasteiger partial charge is 0.409 e. The van der Waals surface area contributed by atoms with Gasteiger partial charge in [0.05, 0.1) is 0 Å². The predicted molar refractivity (Wildman–Crippen MR) is 71.2 cm³/mol. The van der Waals surface area contributed by atoms with E-state index in [1.165, 1.54) is 0 Å². The Morgan fingerprint density at radius 3 is 2.71 bits per heavy atom.